The molecule has 1 aliphatic rings. The number of benzene rings is 1. The Labute approximate surface area is 164 Å². The zero-order valence-electron chi connectivity index (χ0n) is 17.7. The van der Waals surface area contributed by atoms with Crippen LogP contribution in [0.3, 0.4) is 0 Å². The molecule has 2 atom stereocenters. The SMILES string of the molecule is CC1CN(C(=O)c2ccccc2)CC1CP(=O)(OC(C)(C)C)OC(C)(C)C. The van der Waals surface area contributed by atoms with Gasteiger partial charge in [0.05, 0.1) is 17.4 Å². The van der Waals surface area contributed by atoms with Crippen LogP contribution < -0.4 is 0 Å². The molecule has 1 aliphatic heterocycles. The molecule has 1 amide bonds. The number of rotatable bonds is 5. The van der Waals surface area contributed by atoms with Crippen LogP contribution in [0.1, 0.15) is 58.8 Å². The lowest BCUT2D eigenvalue weighted by atomic mass is 10.0. The summed E-state index contributed by atoms with van der Waals surface area (Å²) >= 11 is 0. The second kappa shape index (κ2) is 8.06. The van der Waals surface area contributed by atoms with Gasteiger partial charge >= 0.3 is 7.60 Å². The molecule has 1 aromatic rings. The molecule has 1 heterocycles. The van der Waals surface area contributed by atoms with Crippen molar-refractivity contribution in [3.8, 4) is 0 Å². The quantitative estimate of drug-likeness (QED) is 0.642. The van der Waals surface area contributed by atoms with Gasteiger partial charge in [-0.05, 0) is 65.5 Å². The first-order chi connectivity index (χ1) is 12.3. The molecule has 0 spiro atoms. The Kier molecular flexibility index (Phi) is 6.61. The lowest BCUT2D eigenvalue weighted by Gasteiger charge is -2.33. The zero-order chi connectivity index (χ0) is 20.5. The fourth-order valence-corrected chi connectivity index (χ4v) is 6.32. The van der Waals surface area contributed by atoms with Crippen LogP contribution in [-0.4, -0.2) is 41.3 Å². The first kappa shape index (κ1) is 22.1. The van der Waals surface area contributed by atoms with Crippen LogP contribution in [0.15, 0.2) is 30.3 Å². The highest BCUT2D eigenvalue weighted by atomic mass is 31.2. The van der Waals surface area contributed by atoms with E-state index in [2.05, 4.69) is 6.92 Å². The highest BCUT2D eigenvalue weighted by Gasteiger charge is 2.42. The van der Waals surface area contributed by atoms with Gasteiger partial charge in [0.25, 0.3) is 5.91 Å². The third-order valence-corrected chi connectivity index (χ3v) is 6.93. The summed E-state index contributed by atoms with van der Waals surface area (Å²) < 4.78 is 25.4. The standard InChI is InChI=1S/C21H34NO4P/c1-16-13-22(19(23)17-11-9-8-10-12-17)14-18(16)15-27(24,25-20(2,3)4)26-21(5,6)7/h8-12,16,18H,13-15H2,1-7H3. The van der Waals surface area contributed by atoms with Gasteiger partial charge in [-0.2, -0.15) is 0 Å². The Morgan fingerprint density at radius 3 is 2.04 bits per heavy atom. The maximum atomic E-state index is 13.5. The average molecular weight is 395 g/mol. The van der Waals surface area contributed by atoms with E-state index in [1.165, 1.54) is 0 Å². The Hall–Kier alpha value is -1.16. The molecule has 1 saturated heterocycles. The number of amides is 1. The summed E-state index contributed by atoms with van der Waals surface area (Å²) in [4.78, 5) is 14.6. The molecule has 6 heteroatoms. The minimum absolute atomic E-state index is 0.0215. The van der Waals surface area contributed by atoms with Crippen molar-refractivity contribution in [2.24, 2.45) is 11.8 Å². The van der Waals surface area contributed by atoms with Gasteiger partial charge in [-0.15, -0.1) is 0 Å². The summed E-state index contributed by atoms with van der Waals surface area (Å²) in [5.74, 6) is 0.333. The van der Waals surface area contributed by atoms with Crippen molar-refractivity contribution in [3.05, 3.63) is 35.9 Å². The molecule has 0 aromatic heterocycles. The topological polar surface area (TPSA) is 55.8 Å². The molecular formula is C21H34NO4P. The Balaban J connectivity index is 2.13. The maximum absolute atomic E-state index is 13.5. The smallest absolute Gasteiger partial charge is 0.332 e. The van der Waals surface area contributed by atoms with Crippen molar-refractivity contribution in [2.45, 2.75) is 59.7 Å². The fraction of sp³-hybridized carbons (Fsp3) is 0.667. The Morgan fingerprint density at radius 1 is 1.04 bits per heavy atom. The number of likely N-dealkylation sites (tertiary alicyclic amines) is 1. The first-order valence-electron chi connectivity index (χ1n) is 9.63. The third-order valence-electron chi connectivity index (χ3n) is 4.36. The van der Waals surface area contributed by atoms with E-state index >= 15 is 0 Å². The summed E-state index contributed by atoms with van der Waals surface area (Å²) in [6.07, 6.45) is 0.321. The molecule has 2 rings (SSSR count). The Bertz CT molecular complexity index is 670. The fourth-order valence-electron chi connectivity index (χ4n) is 3.42. The summed E-state index contributed by atoms with van der Waals surface area (Å²) in [6.45, 7) is 14.6. The van der Waals surface area contributed by atoms with Crippen LogP contribution >= 0.6 is 7.60 Å². The number of nitrogens with zero attached hydrogens (tertiary/aromatic N) is 1. The second-order valence-electron chi connectivity index (χ2n) is 9.51. The minimum atomic E-state index is -3.32. The molecule has 152 valence electrons. The zero-order valence-corrected chi connectivity index (χ0v) is 18.6. The van der Waals surface area contributed by atoms with Gasteiger partial charge in [0.2, 0.25) is 0 Å². The van der Waals surface area contributed by atoms with Crippen LogP contribution in [0.2, 0.25) is 0 Å². The van der Waals surface area contributed by atoms with Gasteiger partial charge in [0.1, 0.15) is 0 Å². The van der Waals surface area contributed by atoms with Crippen molar-refractivity contribution >= 4 is 13.5 Å². The highest BCUT2D eigenvalue weighted by molar-refractivity contribution is 7.53. The molecule has 27 heavy (non-hydrogen) atoms. The van der Waals surface area contributed by atoms with Crippen molar-refractivity contribution < 1.29 is 18.4 Å². The van der Waals surface area contributed by atoms with Gasteiger partial charge in [0, 0.05) is 18.7 Å². The third kappa shape index (κ3) is 6.74. The summed E-state index contributed by atoms with van der Waals surface area (Å²) in [5.41, 5.74) is -0.449. The predicted molar refractivity (Wildman–Crippen MR) is 109 cm³/mol. The van der Waals surface area contributed by atoms with E-state index in [0.717, 1.165) is 0 Å². The van der Waals surface area contributed by atoms with Crippen LogP contribution in [-0.2, 0) is 13.6 Å². The minimum Gasteiger partial charge on any atom is -0.338 e. The van der Waals surface area contributed by atoms with Gasteiger partial charge in [-0.25, -0.2) is 0 Å². The van der Waals surface area contributed by atoms with E-state index in [1.54, 1.807) is 0 Å². The molecule has 1 aromatic carbocycles. The van der Waals surface area contributed by atoms with E-state index in [-0.39, 0.29) is 17.7 Å². The van der Waals surface area contributed by atoms with Gasteiger partial charge in [-0.1, -0.05) is 25.1 Å². The molecule has 1 fully saturated rings. The number of carbonyl (C=O) groups is 1. The van der Waals surface area contributed by atoms with Crippen molar-refractivity contribution in [1.82, 2.24) is 4.90 Å². The maximum Gasteiger partial charge on any atom is 0.332 e. The van der Waals surface area contributed by atoms with E-state index in [4.69, 9.17) is 9.05 Å². The summed E-state index contributed by atoms with van der Waals surface area (Å²) in [5, 5.41) is 0. The van der Waals surface area contributed by atoms with Crippen LogP contribution in [0, 0.1) is 11.8 Å². The highest BCUT2D eigenvalue weighted by Crippen LogP contribution is 2.56. The van der Waals surface area contributed by atoms with E-state index in [9.17, 15) is 9.36 Å². The van der Waals surface area contributed by atoms with Gasteiger partial charge < -0.3 is 13.9 Å². The molecule has 0 bridgehead atoms. The summed E-state index contributed by atoms with van der Waals surface area (Å²) in [7, 11) is -3.32. The first-order valence-corrected chi connectivity index (χ1v) is 11.4. The monoisotopic (exact) mass is 395 g/mol. The Morgan fingerprint density at radius 2 is 1.56 bits per heavy atom. The summed E-state index contributed by atoms with van der Waals surface area (Å²) in [6, 6.07) is 9.29. The van der Waals surface area contributed by atoms with E-state index < -0.39 is 18.8 Å². The van der Waals surface area contributed by atoms with Crippen molar-refractivity contribution in [3.63, 3.8) is 0 Å². The van der Waals surface area contributed by atoms with E-state index in [0.29, 0.717) is 24.8 Å². The van der Waals surface area contributed by atoms with E-state index in [1.807, 2.05) is 76.8 Å². The van der Waals surface area contributed by atoms with Gasteiger partial charge in [0.15, 0.2) is 0 Å². The normalized spacial score (nSPS) is 21.5. The molecule has 2 unspecified atom stereocenters. The number of carbonyl (C=O) groups excluding carboxylic acids is 1. The van der Waals surface area contributed by atoms with Crippen molar-refractivity contribution in [2.75, 3.05) is 19.3 Å². The molecule has 0 N–H and O–H groups in total. The number of hydrogen-bond acceptors (Lipinski definition) is 4. The molecule has 0 saturated carbocycles. The van der Waals surface area contributed by atoms with Crippen molar-refractivity contribution in [1.29, 1.82) is 0 Å². The lowest BCUT2D eigenvalue weighted by molar-refractivity contribution is 0.0471. The second-order valence-corrected chi connectivity index (χ2v) is 11.5. The number of hydrogen-bond donors (Lipinski definition) is 0. The lowest BCUT2D eigenvalue weighted by Crippen LogP contribution is -2.30. The molecule has 0 radical (unpaired) electrons. The van der Waals surface area contributed by atoms with Crippen LogP contribution in [0.25, 0.3) is 0 Å². The van der Waals surface area contributed by atoms with Crippen LogP contribution in [0.5, 0.6) is 0 Å². The predicted octanol–water partition coefficient (Wildman–Crippen LogP) is 5.22. The molecular weight excluding hydrogens is 361 g/mol. The molecule has 5 nitrogen and oxygen atoms in total. The molecule has 0 aliphatic carbocycles. The largest absolute Gasteiger partial charge is 0.338 e. The average Bonchev–Trinajstić information content (AvgIpc) is 2.83. The van der Waals surface area contributed by atoms with Crippen LogP contribution in [0.4, 0.5) is 0 Å². The van der Waals surface area contributed by atoms with Gasteiger partial charge in [-0.3, -0.25) is 9.36 Å².